The largest absolute Gasteiger partial charge is 0.378 e. The molecule has 1 heterocycles. The van der Waals surface area contributed by atoms with Crippen LogP contribution >= 0.6 is 0 Å². The van der Waals surface area contributed by atoms with E-state index >= 15 is 0 Å². The number of nitrogens with zero attached hydrogens (tertiary/aromatic N) is 2. The van der Waals surface area contributed by atoms with Crippen molar-refractivity contribution in [3.63, 3.8) is 0 Å². The van der Waals surface area contributed by atoms with Gasteiger partial charge in [-0.1, -0.05) is 12.1 Å². The van der Waals surface area contributed by atoms with Crippen LogP contribution < -0.4 is 10.0 Å². The van der Waals surface area contributed by atoms with Crippen molar-refractivity contribution in [2.24, 2.45) is 0 Å². The summed E-state index contributed by atoms with van der Waals surface area (Å²) in [5.41, 5.74) is 1.27. The molecule has 0 aliphatic rings. The van der Waals surface area contributed by atoms with Crippen LogP contribution in [0.25, 0.3) is 0 Å². The van der Waals surface area contributed by atoms with Crippen LogP contribution in [0.15, 0.2) is 47.5 Å². The van der Waals surface area contributed by atoms with E-state index in [2.05, 4.69) is 20.2 Å². The first-order valence-electron chi connectivity index (χ1n) is 5.66. The maximum atomic E-state index is 11.9. The first-order valence-corrected chi connectivity index (χ1v) is 7.15. The number of hydrogen-bond acceptors (Lipinski definition) is 5. The highest BCUT2D eigenvalue weighted by Gasteiger charge is 2.15. The van der Waals surface area contributed by atoms with Crippen LogP contribution in [0, 0.1) is 0 Å². The van der Waals surface area contributed by atoms with Gasteiger partial charge < -0.3 is 5.32 Å². The zero-order valence-corrected chi connectivity index (χ0v) is 11.2. The quantitative estimate of drug-likeness (QED) is 0.852. The van der Waals surface area contributed by atoms with Gasteiger partial charge in [-0.3, -0.25) is 0 Å². The maximum absolute atomic E-state index is 11.9. The lowest BCUT2D eigenvalue weighted by Gasteiger charge is -2.11. The minimum absolute atomic E-state index is 0.210. The van der Waals surface area contributed by atoms with Gasteiger partial charge >= 0.3 is 0 Å². The molecule has 2 aromatic rings. The molecule has 0 fully saturated rings. The van der Waals surface area contributed by atoms with E-state index < -0.39 is 10.0 Å². The summed E-state index contributed by atoms with van der Waals surface area (Å²) < 4.78 is 26.0. The summed E-state index contributed by atoms with van der Waals surface area (Å²) in [5, 5.41) is 10.7. The van der Waals surface area contributed by atoms with Gasteiger partial charge in [0, 0.05) is 6.20 Å². The maximum Gasteiger partial charge on any atom is 0.242 e. The van der Waals surface area contributed by atoms with Crippen LogP contribution in [0.2, 0.25) is 0 Å². The van der Waals surface area contributed by atoms with Crippen LogP contribution in [0.4, 0.5) is 5.69 Å². The minimum atomic E-state index is -3.48. The van der Waals surface area contributed by atoms with Crippen molar-refractivity contribution in [1.29, 1.82) is 0 Å². The fourth-order valence-electron chi connectivity index (χ4n) is 1.57. The van der Waals surface area contributed by atoms with Crippen molar-refractivity contribution in [2.45, 2.75) is 11.4 Å². The molecule has 0 aliphatic carbocycles. The fourth-order valence-corrected chi connectivity index (χ4v) is 2.48. The van der Waals surface area contributed by atoms with E-state index in [0.29, 0.717) is 12.2 Å². The van der Waals surface area contributed by atoms with E-state index in [-0.39, 0.29) is 4.90 Å². The Morgan fingerprint density at radius 2 is 1.95 bits per heavy atom. The number of anilines is 1. The Hall–Kier alpha value is -1.99. The highest BCUT2D eigenvalue weighted by Crippen LogP contribution is 2.20. The first-order chi connectivity index (χ1) is 9.13. The van der Waals surface area contributed by atoms with Crippen LogP contribution in [0.5, 0.6) is 0 Å². The summed E-state index contributed by atoms with van der Waals surface area (Å²) in [6, 6.07) is 10.3. The normalized spacial score (nSPS) is 11.2. The predicted molar refractivity (Wildman–Crippen MR) is 72.0 cm³/mol. The molecular weight excluding hydrogens is 264 g/mol. The van der Waals surface area contributed by atoms with Gasteiger partial charge in [0.05, 0.1) is 17.9 Å². The van der Waals surface area contributed by atoms with Gasteiger partial charge in [-0.25, -0.2) is 13.1 Å². The Labute approximate surface area is 111 Å². The van der Waals surface area contributed by atoms with Crippen LogP contribution in [-0.2, 0) is 16.6 Å². The third-order valence-corrected chi connectivity index (χ3v) is 4.01. The molecule has 100 valence electrons. The number of rotatable bonds is 5. The Morgan fingerprint density at radius 3 is 2.63 bits per heavy atom. The second-order valence-corrected chi connectivity index (χ2v) is 5.63. The Balaban J connectivity index is 2.22. The minimum Gasteiger partial charge on any atom is -0.378 e. The monoisotopic (exact) mass is 278 g/mol. The van der Waals surface area contributed by atoms with Gasteiger partial charge in [0.25, 0.3) is 0 Å². The average Bonchev–Trinajstić information content (AvgIpc) is 2.46. The molecule has 6 nitrogen and oxygen atoms in total. The van der Waals surface area contributed by atoms with E-state index in [0.717, 1.165) is 5.69 Å². The van der Waals surface area contributed by atoms with E-state index in [4.69, 9.17) is 0 Å². The molecule has 0 spiro atoms. The van der Waals surface area contributed by atoms with Crippen molar-refractivity contribution in [3.05, 3.63) is 48.3 Å². The summed E-state index contributed by atoms with van der Waals surface area (Å²) in [7, 11) is -2.10. The van der Waals surface area contributed by atoms with Crippen molar-refractivity contribution < 1.29 is 8.42 Å². The molecule has 7 heteroatoms. The highest BCUT2D eigenvalue weighted by atomic mass is 32.2. The van der Waals surface area contributed by atoms with Crippen molar-refractivity contribution in [1.82, 2.24) is 14.9 Å². The standard InChI is InChI=1S/C12H14N4O2S/c1-13-19(17,18)12-7-3-2-6-11(12)14-9-10-5-4-8-15-16-10/h2-8,13-14H,9H2,1H3. The summed E-state index contributed by atoms with van der Waals surface area (Å²) in [5.74, 6) is 0. The van der Waals surface area contributed by atoms with Gasteiger partial charge in [-0.2, -0.15) is 10.2 Å². The fraction of sp³-hybridized carbons (Fsp3) is 0.167. The third kappa shape index (κ3) is 3.27. The Bertz CT molecular complexity index is 644. The average molecular weight is 278 g/mol. The van der Waals surface area contributed by atoms with Gasteiger partial charge in [0.2, 0.25) is 10.0 Å². The van der Waals surface area contributed by atoms with Crippen molar-refractivity contribution in [3.8, 4) is 0 Å². The summed E-state index contributed by atoms with van der Waals surface area (Å²) >= 11 is 0. The predicted octanol–water partition coefficient (Wildman–Crippen LogP) is 0.997. The molecule has 2 rings (SSSR count). The van der Waals surface area contributed by atoms with Crippen LogP contribution in [-0.4, -0.2) is 25.7 Å². The second-order valence-electron chi connectivity index (χ2n) is 3.77. The Kier molecular flexibility index (Phi) is 4.08. The summed E-state index contributed by atoms with van der Waals surface area (Å²) in [4.78, 5) is 0.210. The number of benzene rings is 1. The number of sulfonamides is 1. The molecule has 1 aromatic carbocycles. The van der Waals surface area contributed by atoms with E-state index in [1.807, 2.05) is 6.07 Å². The van der Waals surface area contributed by atoms with Gasteiger partial charge in [-0.05, 0) is 31.3 Å². The van der Waals surface area contributed by atoms with E-state index in [1.54, 1.807) is 36.5 Å². The SMILES string of the molecule is CNS(=O)(=O)c1ccccc1NCc1cccnn1. The van der Waals surface area contributed by atoms with Crippen molar-refractivity contribution in [2.75, 3.05) is 12.4 Å². The molecule has 0 bridgehead atoms. The molecule has 2 N–H and O–H groups in total. The van der Waals surface area contributed by atoms with Gasteiger partial charge in [0.1, 0.15) is 4.90 Å². The summed E-state index contributed by atoms with van der Waals surface area (Å²) in [6.07, 6.45) is 1.59. The van der Waals surface area contributed by atoms with Crippen LogP contribution in [0.3, 0.4) is 0 Å². The number of nitrogens with one attached hydrogen (secondary N) is 2. The first kappa shape index (κ1) is 13.4. The number of para-hydroxylation sites is 1. The third-order valence-electron chi connectivity index (χ3n) is 2.53. The molecule has 0 amide bonds. The van der Waals surface area contributed by atoms with E-state index in [9.17, 15) is 8.42 Å². The van der Waals surface area contributed by atoms with Gasteiger partial charge in [-0.15, -0.1) is 0 Å². The lowest BCUT2D eigenvalue weighted by atomic mass is 10.3. The number of aromatic nitrogens is 2. The molecule has 0 aliphatic heterocycles. The molecular formula is C12H14N4O2S. The van der Waals surface area contributed by atoms with Crippen LogP contribution in [0.1, 0.15) is 5.69 Å². The second kappa shape index (κ2) is 5.77. The molecule has 0 saturated carbocycles. The lowest BCUT2D eigenvalue weighted by molar-refractivity contribution is 0.588. The molecule has 0 unspecified atom stereocenters. The topological polar surface area (TPSA) is 84.0 Å². The lowest BCUT2D eigenvalue weighted by Crippen LogP contribution is -2.20. The number of hydrogen-bond donors (Lipinski definition) is 2. The smallest absolute Gasteiger partial charge is 0.242 e. The van der Waals surface area contributed by atoms with Crippen molar-refractivity contribution >= 4 is 15.7 Å². The molecule has 1 aromatic heterocycles. The molecule has 0 saturated heterocycles. The molecule has 0 radical (unpaired) electrons. The zero-order chi connectivity index (χ0) is 13.7. The zero-order valence-electron chi connectivity index (χ0n) is 10.4. The van der Waals surface area contributed by atoms with E-state index in [1.165, 1.54) is 7.05 Å². The molecule has 0 atom stereocenters. The Morgan fingerprint density at radius 1 is 1.16 bits per heavy atom. The highest BCUT2D eigenvalue weighted by molar-refractivity contribution is 7.89. The summed E-state index contributed by atoms with van der Waals surface area (Å²) in [6.45, 7) is 0.407. The van der Waals surface area contributed by atoms with Gasteiger partial charge in [0.15, 0.2) is 0 Å². The molecule has 19 heavy (non-hydrogen) atoms.